The lowest BCUT2D eigenvalue weighted by Crippen LogP contribution is -2.13. The van der Waals surface area contributed by atoms with E-state index in [1.54, 1.807) is 12.1 Å². The van der Waals surface area contributed by atoms with Crippen molar-refractivity contribution in [3.8, 4) is 5.75 Å². The number of ether oxygens (including phenoxy) is 1. The molecule has 180 valence electrons. The average molecular weight is 483 g/mol. The topological polar surface area (TPSA) is 32.8 Å². The molecule has 5 aromatic carbocycles. The zero-order valence-electron chi connectivity index (χ0n) is 20.3. The zero-order valence-corrected chi connectivity index (χ0v) is 20.3. The molecule has 0 amide bonds. The first-order valence-corrected chi connectivity index (χ1v) is 12.0. The molecule has 0 unspecified atom stereocenters. The Morgan fingerprint density at radius 1 is 0.514 bits per heavy atom. The van der Waals surface area contributed by atoms with E-state index in [4.69, 9.17) is 4.74 Å². The van der Waals surface area contributed by atoms with Crippen LogP contribution in [0.1, 0.15) is 0 Å². The van der Waals surface area contributed by atoms with E-state index in [0.29, 0.717) is 5.75 Å². The molecule has 0 saturated heterocycles. The van der Waals surface area contributed by atoms with E-state index in [1.807, 2.05) is 66.7 Å². The Bertz CT molecular complexity index is 1430. The largest absolute Gasteiger partial charge is 0.423 e. The van der Waals surface area contributed by atoms with Crippen molar-refractivity contribution in [2.24, 2.45) is 0 Å². The maximum absolute atomic E-state index is 11.6. The Hall–Kier alpha value is -5.09. The van der Waals surface area contributed by atoms with Gasteiger partial charge >= 0.3 is 5.97 Å². The standard InChI is InChI=1S/C33H26N2O2/c1-2-33(36)37-32-23-21-29(22-24-32)35(28-17-10-5-11-18-28)31-20-12-19-30(25-31)34(26-13-6-3-7-14-26)27-15-8-4-9-16-27/h2-25H,1H2. The predicted molar refractivity (Wildman–Crippen MR) is 152 cm³/mol. The van der Waals surface area contributed by atoms with Gasteiger partial charge in [-0.05, 0) is 78.9 Å². The van der Waals surface area contributed by atoms with Crippen LogP contribution in [-0.2, 0) is 4.79 Å². The minimum atomic E-state index is -0.484. The minimum Gasteiger partial charge on any atom is -0.423 e. The highest BCUT2D eigenvalue weighted by Gasteiger charge is 2.17. The van der Waals surface area contributed by atoms with Crippen LogP contribution in [0.5, 0.6) is 5.75 Å². The highest BCUT2D eigenvalue weighted by atomic mass is 16.5. The molecule has 0 fully saturated rings. The SMILES string of the molecule is C=CC(=O)Oc1ccc(N(c2ccccc2)c2cccc(N(c3ccccc3)c3ccccc3)c2)cc1. The van der Waals surface area contributed by atoms with Crippen LogP contribution < -0.4 is 14.5 Å². The van der Waals surface area contributed by atoms with Gasteiger partial charge in [0.25, 0.3) is 0 Å². The fraction of sp³-hybridized carbons (Fsp3) is 0. The number of anilines is 6. The Balaban J connectivity index is 1.59. The highest BCUT2D eigenvalue weighted by Crippen LogP contribution is 2.40. The van der Waals surface area contributed by atoms with Crippen LogP contribution in [0.15, 0.2) is 152 Å². The summed E-state index contributed by atoms with van der Waals surface area (Å²) < 4.78 is 5.28. The second-order valence-corrected chi connectivity index (χ2v) is 8.32. The fourth-order valence-electron chi connectivity index (χ4n) is 4.22. The number of nitrogens with zero attached hydrogens (tertiary/aromatic N) is 2. The van der Waals surface area contributed by atoms with E-state index < -0.39 is 5.97 Å². The van der Waals surface area contributed by atoms with Gasteiger partial charge in [0.2, 0.25) is 0 Å². The van der Waals surface area contributed by atoms with Crippen LogP contribution in [0, 0.1) is 0 Å². The summed E-state index contributed by atoms with van der Waals surface area (Å²) in [7, 11) is 0. The van der Waals surface area contributed by atoms with E-state index in [9.17, 15) is 4.79 Å². The predicted octanol–water partition coefficient (Wildman–Crippen LogP) is 8.72. The van der Waals surface area contributed by atoms with Gasteiger partial charge in [-0.1, -0.05) is 67.2 Å². The van der Waals surface area contributed by atoms with Crippen LogP contribution >= 0.6 is 0 Å². The lowest BCUT2D eigenvalue weighted by atomic mass is 10.1. The molecule has 0 bridgehead atoms. The summed E-state index contributed by atoms with van der Waals surface area (Å²) in [5.74, 6) is -0.0166. The van der Waals surface area contributed by atoms with Gasteiger partial charge in [-0.2, -0.15) is 0 Å². The number of esters is 1. The molecule has 0 heterocycles. The summed E-state index contributed by atoms with van der Waals surface area (Å²) in [5, 5.41) is 0. The van der Waals surface area contributed by atoms with Gasteiger partial charge in [-0.3, -0.25) is 0 Å². The van der Waals surface area contributed by atoms with Crippen molar-refractivity contribution in [1.29, 1.82) is 0 Å². The van der Waals surface area contributed by atoms with Crippen molar-refractivity contribution in [3.63, 3.8) is 0 Å². The van der Waals surface area contributed by atoms with Gasteiger partial charge in [0.15, 0.2) is 0 Å². The number of benzene rings is 5. The first kappa shape index (κ1) is 23.6. The van der Waals surface area contributed by atoms with Gasteiger partial charge in [-0.25, -0.2) is 4.79 Å². The molecule has 5 aromatic rings. The first-order chi connectivity index (χ1) is 18.2. The van der Waals surface area contributed by atoms with E-state index in [0.717, 1.165) is 40.2 Å². The van der Waals surface area contributed by atoms with Crippen molar-refractivity contribution in [2.75, 3.05) is 9.80 Å². The maximum atomic E-state index is 11.6. The highest BCUT2D eigenvalue weighted by molar-refractivity contribution is 5.84. The molecule has 0 radical (unpaired) electrons. The molecule has 4 heteroatoms. The lowest BCUT2D eigenvalue weighted by molar-refractivity contribution is -0.128. The van der Waals surface area contributed by atoms with Gasteiger partial charge < -0.3 is 14.5 Å². The summed E-state index contributed by atoms with van der Waals surface area (Å²) in [5.41, 5.74) is 6.13. The molecule has 0 atom stereocenters. The summed E-state index contributed by atoms with van der Waals surface area (Å²) in [4.78, 5) is 16.0. The monoisotopic (exact) mass is 482 g/mol. The smallest absolute Gasteiger partial charge is 0.335 e. The van der Waals surface area contributed by atoms with Gasteiger partial charge in [0.05, 0.1) is 0 Å². The third-order valence-electron chi connectivity index (χ3n) is 5.87. The van der Waals surface area contributed by atoms with Crippen molar-refractivity contribution in [1.82, 2.24) is 0 Å². The molecule has 0 aliphatic rings. The molecule has 0 aromatic heterocycles. The van der Waals surface area contributed by atoms with Crippen molar-refractivity contribution in [3.05, 3.63) is 152 Å². The number of carbonyl (C=O) groups excluding carboxylic acids is 1. The Morgan fingerprint density at radius 3 is 1.30 bits per heavy atom. The second kappa shape index (κ2) is 11.1. The van der Waals surface area contributed by atoms with E-state index in [-0.39, 0.29) is 0 Å². The Labute approximate surface area is 217 Å². The number of rotatable bonds is 8. The third-order valence-corrected chi connectivity index (χ3v) is 5.87. The molecule has 0 spiro atoms. The van der Waals surface area contributed by atoms with Crippen molar-refractivity contribution >= 4 is 40.1 Å². The number of hydrogen-bond acceptors (Lipinski definition) is 4. The summed E-state index contributed by atoms with van der Waals surface area (Å²) >= 11 is 0. The molecule has 0 N–H and O–H groups in total. The lowest BCUT2D eigenvalue weighted by Gasteiger charge is -2.29. The van der Waals surface area contributed by atoms with Gasteiger partial charge in [0, 0.05) is 40.2 Å². The molecule has 5 rings (SSSR count). The Morgan fingerprint density at radius 2 is 0.892 bits per heavy atom. The van der Waals surface area contributed by atoms with E-state index in [2.05, 4.69) is 77.0 Å². The van der Waals surface area contributed by atoms with Gasteiger partial charge in [-0.15, -0.1) is 0 Å². The molecular formula is C33H26N2O2. The Kier molecular flexibility index (Phi) is 7.09. The minimum absolute atomic E-state index is 0.467. The third kappa shape index (κ3) is 5.44. The number of para-hydroxylation sites is 3. The van der Waals surface area contributed by atoms with Crippen LogP contribution in [0.4, 0.5) is 34.1 Å². The summed E-state index contributed by atoms with van der Waals surface area (Å²) in [6.07, 6.45) is 1.15. The number of carbonyl (C=O) groups is 1. The summed E-state index contributed by atoms with van der Waals surface area (Å²) in [6, 6.07) is 46.8. The van der Waals surface area contributed by atoms with Crippen molar-refractivity contribution in [2.45, 2.75) is 0 Å². The molecular weight excluding hydrogens is 456 g/mol. The van der Waals surface area contributed by atoms with Crippen LogP contribution in [0.3, 0.4) is 0 Å². The van der Waals surface area contributed by atoms with E-state index >= 15 is 0 Å². The molecule has 0 aliphatic carbocycles. The maximum Gasteiger partial charge on any atom is 0.335 e. The quantitative estimate of drug-likeness (QED) is 0.126. The average Bonchev–Trinajstić information content (AvgIpc) is 2.96. The van der Waals surface area contributed by atoms with Crippen LogP contribution in [0.2, 0.25) is 0 Å². The first-order valence-electron chi connectivity index (χ1n) is 12.0. The molecule has 0 aliphatic heterocycles. The van der Waals surface area contributed by atoms with Crippen LogP contribution in [0.25, 0.3) is 0 Å². The molecule has 37 heavy (non-hydrogen) atoms. The number of hydrogen-bond donors (Lipinski definition) is 0. The van der Waals surface area contributed by atoms with Crippen molar-refractivity contribution < 1.29 is 9.53 Å². The second-order valence-electron chi connectivity index (χ2n) is 8.32. The normalized spacial score (nSPS) is 10.4. The summed E-state index contributed by atoms with van der Waals surface area (Å²) in [6.45, 7) is 3.46. The van der Waals surface area contributed by atoms with E-state index in [1.165, 1.54) is 0 Å². The molecule has 0 saturated carbocycles. The van der Waals surface area contributed by atoms with Crippen LogP contribution in [-0.4, -0.2) is 5.97 Å². The molecule has 4 nitrogen and oxygen atoms in total. The van der Waals surface area contributed by atoms with Gasteiger partial charge in [0.1, 0.15) is 5.75 Å². The fourth-order valence-corrected chi connectivity index (χ4v) is 4.22. The zero-order chi connectivity index (χ0) is 25.5.